The van der Waals surface area contributed by atoms with Crippen LogP contribution in [0.15, 0.2) is 59.5 Å². The van der Waals surface area contributed by atoms with E-state index in [9.17, 15) is 26.3 Å². The fraction of sp³-hybridized carbons (Fsp3) is 0.250. The van der Waals surface area contributed by atoms with Gasteiger partial charge in [0.1, 0.15) is 5.82 Å². The molecule has 1 N–H and O–H groups in total. The van der Waals surface area contributed by atoms with E-state index in [4.69, 9.17) is 0 Å². The maximum atomic E-state index is 13.1. The number of para-hydroxylation sites is 1. The van der Waals surface area contributed by atoms with E-state index in [1.54, 1.807) is 18.2 Å². The molecule has 1 aliphatic rings. The second kappa shape index (κ2) is 6.40. The molecule has 2 atom stereocenters. The summed E-state index contributed by atoms with van der Waals surface area (Å²) in [6.07, 6.45) is -1.35. The fourth-order valence-electron chi connectivity index (χ4n) is 2.84. The Morgan fingerprint density at radius 3 is 2.12 bits per heavy atom. The summed E-state index contributed by atoms with van der Waals surface area (Å²) in [6, 6.07) is 11.0. The van der Waals surface area contributed by atoms with E-state index < -0.39 is 49.3 Å². The molecule has 2 aromatic rings. The van der Waals surface area contributed by atoms with Crippen molar-refractivity contribution in [2.45, 2.75) is 17.0 Å². The molecule has 0 bridgehead atoms. The first kappa shape index (κ1) is 17.8. The number of rotatable bonds is 4. The highest BCUT2D eigenvalue weighted by molar-refractivity contribution is 7.93. The Morgan fingerprint density at radius 2 is 1.60 bits per heavy atom. The molecule has 9 heteroatoms. The van der Waals surface area contributed by atoms with Crippen LogP contribution in [0.4, 0.5) is 10.1 Å². The predicted octanol–water partition coefficient (Wildman–Crippen LogP) is 1.18. The second-order valence-corrected chi connectivity index (χ2v) is 9.77. The molecule has 1 saturated heterocycles. The van der Waals surface area contributed by atoms with Crippen LogP contribution in [0.3, 0.4) is 0 Å². The van der Waals surface area contributed by atoms with Crippen LogP contribution in [0.5, 0.6) is 0 Å². The summed E-state index contributed by atoms with van der Waals surface area (Å²) in [5, 5.41) is 10.2. The second-order valence-electron chi connectivity index (χ2n) is 5.80. The lowest BCUT2D eigenvalue weighted by molar-refractivity contribution is 0.184. The van der Waals surface area contributed by atoms with Crippen molar-refractivity contribution in [1.82, 2.24) is 0 Å². The predicted molar refractivity (Wildman–Crippen MR) is 91.0 cm³/mol. The summed E-state index contributed by atoms with van der Waals surface area (Å²) in [5.41, 5.74) is 0.230. The molecule has 134 valence electrons. The first-order chi connectivity index (χ1) is 11.7. The van der Waals surface area contributed by atoms with Crippen molar-refractivity contribution in [2.75, 3.05) is 15.8 Å². The Bertz CT molecular complexity index is 959. The van der Waals surface area contributed by atoms with E-state index in [0.717, 1.165) is 28.6 Å². The molecule has 3 rings (SSSR count). The average Bonchev–Trinajstić information content (AvgIpc) is 2.81. The zero-order valence-corrected chi connectivity index (χ0v) is 14.6. The van der Waals surface area contributed by atoms with Crippen molar-refractivity contribution in [2.24, 2.45) is 0 Å². The van der Waals surface area contributed by atoms with Crippen molar-refractivity contribution in [3.8, 4) is 0 Å². The van der Waals surface area contributed by atoms with Gasteiger partial charge in [-0.05, 0) is 36.4 Å². The minimum Gasteiger partial charge on any atom is -0.390 e. The van der Waals surface area contributed by atoms with Gasteiger partial charge in [-0.1, -0.05) is 18.2 Å². The van der Waals surface area contributed by atoms with Gasteiger partial charge >= 0.3 is 0 Å². The van der Waals surface area contributed by atoms with Crippen LogP contribution < -0.4 is 4.31 Å². The van der Waals surface area contributed by atoms with Crippen LogP contribution in [0.1, 0.15) is 0 Å². The Morgan fingerprint density at radius 1 is 1.00 bits per heavy atom. The Kier molecular flexibility index (Phi) is 4.56. The van der Waals surface area contributed by atoms with Crippen LogP contribution in [-0.4, -0.2) is 45.6 Å². The molecule has 2 aromatic carbocycles. The van der Waals surface area contributed by atoms with Crippen LogP contribution >= 0.6 is 0 Å². The Labute approximate surface area is 145 Å². The van der Waals surface area contributed by atoms with Crippen LogP contribution in [0.25, 0.3) is 0 Å². The van der Waals surface area contributed by atoms with E-state index in [-0.39, 0.29) is 10.6 Å². The first-order valence-corrected chi connectivity index (χ1v) is 10.7. The van der Waals surface area contributed by atoms with Crippen molar-refractivity contribution in [3.05, 3.63) is 60.4 Å². The summed E-state index contributed by atoms with van der Waals surface area (Å²) >= 11 is 0. The summed E-state index contributed by atoms with van der Waals surface area (Å²) in [4.78, 5) is -0.186. The normalized spacial score (nSPS) is 22.6. The Hall–Kier alpha value is -1.97. The van der Waals surface area contributed by atoms with Gasteiger partial charge in [0.15, 0.2) is 9.84 Å². The molecule has 0 aliphatic carbocycles. The summed E-state index contributed by atoms with van der Waals surface area (Å²) in [7, 11) is -7.76. The number of aliphatic hydroxyl groups excluding tert-OH is 1. The van der Waals surface area contributed by atoms with E-state index >= 15 is 0 Å². The minimum absolute atomic E-state index is 0.186. The number of sulfone groups is 1. The van der Waals surface area contributed by atoms with E-state index in [2.05, 4.69) is 0 Å². The number of anilines is 1. The molecule has 1 fully saturated rings. The summed E-state index contributed by atoms with van der Waals surface area (Å²) in [5.74, 6) is -1.57. The van der Waals surface area contributed by atoms with Crippen LogP contribution in [0.2, 0.25) is 0 Å². The SMILES string of the molecule is O=S1(=O)C[C@@H](O)[C@@H](N(c2ccccc2)S(=O)(=O)c2ccc(F)cc2)C1. The largest absolute Gasteiger partial charge is 0.390 e. The van der Waals surface area contributed by atoms with Crippen LogP contribution in [0, 0.1) is 5.82 Å². The third-order valence-electron chi connectivity index (χ3n) is 3.98. The lowest BCUT2D eigenvalue weighted by atomic mass is 10.2. The lowest BCUT2D eigenvalue weighted by Gasteiger charge is -2.31. The van der Waals surface area contributed by atoms with Crippen molar-refractivity contribution < 1.29 is 26.3 Å². The molecule has 1 aliphatic heterocycles. The molecular weight excluding hydrogens is 369 g/mol. The van der Waals surface area contributed by atoms with Gasteiger partial charge in [-0.15, -0.1) is 0 Å². The standard InChI is InChI=1S/C16H16FNO5S2/c17-12-6-8-14(9-7-12)25(22,23)18(13-4-2-1-3-5-13)15-10-24(20,21)11-16(15)19/h1-9,15-16,19H,10-11H2/t15-,16+/m0/s1. The molecule has 1 heterocycles. The molecule has 0 spiro atoms. The summed E-state index contributed by atoms with van der Waals surface area (Å²) < 4.78 is 63.9. The molecule has 0 amide bonds. The molecule has 0 saturated carbocycles. The molecule has 25 heavy (non-hydrogen) atoms. The van der Waals surface area contributed by atoms with Crippen molar-refractivity contribution >= 4 is 25.5 Å². The molecular formula is C16H16FNO5S2. The number of hydrogen-bond donors (Lipinski definition) is 1. The van der Waals surface area contributed by atoms with Gasteiger partial charge in [-0.3, -0.25) is 4.31 Å². The quantitative estimate of drug-likeness (QED) is 0.853. The Balaban J connectivity index is 2.13. The number of hydrogen-bond acceptors (Lipinski definition) is 5. The third-order valence-corrected chi connectivity index (χ3v) is 7.54. The van der Waals surface area contributed by atoms with Gasteiger partial charge in [0.05, 0.1) is 34.2 Å². The molecule has 0 unspecified atom stereocenters. The third kappa shape index (κ3) is 3.53. The van der Waals surface area contributed by atoms with E-state index in [0.29, 0.717) is 0 Å². The van der Waals surface area contributed by atoms with Gasteiger partial charge in [0.25, 0.3) is 10.0 Å². The average molecular weight is 385 g/mol. The van der Waals surface area contributed by atoms with Gasteiger partial charge in [-0.25, -0.2) is 21.2 Å². The zero-order chi connectivity index (χ0) is 18.2. The van der Waals surface area contributed by atoms with Crippen molar-refractivity contribution in [1.29, 1.82) is 0 Å². The lowest BCUT2D eigenvalue weighted by Crippen LogP contribution is -2.47. The van der Waals surface area contributed by atoms with E-state index in [1.165, 1.54) is 12.1 Å². The fourth-order valence-corrected chi connectivity index (χ4v) is 6.38. The number of nitrogens with zero attached hydrogens (tertiary/aromatic N) is 1. The number of aliphatic hydroxyl groups is 1. The minimum atomic E-state index is -4.20. The summed E-state index contributed by atoms with van der Waals surface area (Å²) in [6.45, 7) is 0. The first-order valence-electron chi connectivity index (χ1n) is 7.44. The van der Waals surface area contributed by atoms with Gasteiger partial charge in [0, 0.05) is 0 Å². The highest BCUT2D eigenvalue weighted by Gasteiger charge is 2.44. The molecule has 6 nitrogen and oxygen atoms in total. The monoisotopic (exact) mass is 385 g/mol. The molecule has 0 aromatic heterocycles. The van der Waals surface area contributed by atoms with Crippen molar-refractivity contribution in [3.63, 3.8) is 0 Å². The van der Waals surface area contributed by atoms with Gasteiger partial charge in [-0.2, -0.15) is 0 Å². The maximum absolute atomic E-state index is 13.1. The topological polar surface area (TPSA) is 91.8 Å². The number of halogens is 1. The number of sulfonamides is 1. The zero-order valence-electron chi connectivity index (χ0n) is 13.0. The maximum Gasteiger partial charge on any atom is 0.264 e. The number of benzene rings is 2. The van der Waals surface area contributed by atoms with Gasteiger partial charge < -0.3 is 5.11 Å². The molecule has 0 radical (unpaired) electrons. The highest BCUT2D eigenvalue weighted by Crippen LogP contribution is 2.31. The van der Waals surface area contributed by atoms with Gasteiger partial charge in [0.2, 0.25) is 0 Å². The van der Waals surface area contributed by atoms with Crippen LogP contribution in [-0.2, 0) is 19.9 Å². The smallest absolute Gasteiger partial charge is 0.264 e. The highest BCUT2D eigenvalue weighted by atomic mass is 32.2. The van der Waals surface area contributed by atoms with E-state index in [1.807, 2.05) is 0 Å².